The summed E-state index contributed by atoms with van der Waals surface area (Å²) >= 11 is 0. The van der Waals surface area contributed by atoms with Crippen molar-refractivity contribution in [3.05, 3.63) is 0 Å². The molecule has 3 rings (SSSR count). The van der Waals surface area contributed by atoms with Crippen LogP contribution in [0.25, 0.3) is 0 Å². The molecule has 6 heteroatoms. The number of rotatable bonds is 3. The molecule has 0 aromatic carbocycles. The molecule has 2 saturated carbocycles. The van der Waals surface area contributed by atoms with E-state index >= 15 is 0 Å². The first-order valence-corrected chi connectivity index (χ1v) is 8.01. The minimum atomic E-state index is -0.678. The number of carbonyl (C=O) groups is 2. The van der Waals surface area contributed by atoms with Gasteiger partial charge >= 0.3 is 6.03 Å². The number of urea groups is 1. The van der Waals surface area contributed by atoms with Crippen molar-refractivity contribution < 1.29 is 14.3 Å². The molecule has 5 unspecified atom stereocenters. The number of carbonyl (C=O) groups excluding carboxylic acids is 2. The molecule has 3 N–H and O–H groups in total. The number of ether oxygens (including phenoxy) is 1. The summed E-state index contributed by atoms with van der Waals surface area (Å²) in [7, 11) is 0. The van der Waals surface area contributed by atoms with Gasteiger partial charge in [0, 0.05) is 12.6 Å². The molecule has 5 atom stereocenters. The van der Waals surface area contributed by atoms with Gasteiger partial charge in [0.1, 0.15) is 0 Å². The second-order valence-corrected chi connectivity index (χ2v) is 6.78. The summed E-state index contributed by atoms with van der Waals surface area (Å²) in [4.78, 5) is 25.2. The van der Waals surface area contributed by atoms with Gasteiger partial charge in [0.05, 0.1) is 13.2 Å². The van der Waals surface area contributed by atoms with Crippen molar-refractivity contribution in [1.82, 2.24) is 10.2 Å². The molecule has 0 aromatic rings. The standard InChI is InChI=1S/C15H25N3O3/c1-9(12-7-10-2-3-11(12)6-10)17-15(20)18-4-5-21-13(8-18)14(16)19/h9-13H,2-8H2,1H3,(H2,16,19)(H,17,20). The highest BCUT2D eigenvalue weighted by Gasteiger charge is 2.42. The second kappa shape index (κ2) is 5.83. The number of fused-ring (bicyclic) bond motifs is 2. The van der Waals surface area contributed by atoms with Gasteiger partial charge in [-0.3, -0.25) is 4.79 Å². The first-order valence-electron chi connectivity index (χ1n) is 8.01. The summed E-state index contributed by atoms with van der Waals surface area (Å²) in [6.45, 7) is 3.24. The van der Waals surface area contributed by atoms with Gasteiger partial charge in [0.15, 0.2) is 6.10 Å². The molecule has 3 amide bonds. The van der Waals surface area contributed by atoms with Crippen LogP contribution in [0.1, 0.15) is 32.6 Å². The van der Waals surface area contributed by atoms with Crippen LogP contribution >= 0.6 is 0 Å². The summed E-state index contributed by atoms with van der Waals surface area (Å²) in [6, 6.07) is 0.0995. The number of hydrogen-bond acceptors (Lipinski definition) is 3. The zero-order valence-corrected chi connectivity index (χ0v) is 12.6. The molecule has 1 aliphatic heterocycles. The maximum atomic E-state index is 12.3. The van der Waals surface area contributed by atoms with Crippen LogP contribution in [0.4, 0.5) is 4.79 Å². The molecule has 2 aliphatic carbocycles. The van der Waals surface area contributed by atoms with Crippen LogP contribution in [0.15, 0.2) is 0 Å². The first kappa shape index (κ1) is 14.6. The van der Waals surface area contributed by atoms with Crippen LogP contribution in [0.3, 0.4) is 0 Å². The SMILES string of the molecule is CC(NC(=O)N1CCOC(C(N)=O)C1)C1CC2CCC1C2. The van der Waals surface area contributed by atoms with Gasteiger partial charge in [-0.2, -0.15) is 0 Å². The molecule has 118 valence electrons. The zero-order valence-electron chi connectivity index (χ0n) is 12.6. The van der Waals surface area contributed by atoms with Crippen LogP contribution in [0, 0.1) is 17.8 Å². The number of hydrogen-bond donors (Lipinski definition) is 2. The van der Waals surface area contributed by atoms with E-state index in [9.17, 15) is 9.59 Å². The average molecular weight is 295 g/mol. The number of nitrogens with one attached hydrogen (secondary N) is 1. The average Bonchev–Trinajstić information content (AvgIpc) is 3.10. The summed E-state index contributed by atoms with van der Waals surface area (Å²) in [6.07, 6.45) is 4.59. The predicted octanol–water partition coefficient (Wildman–Crippen LogP) is 0.707. The molecule has 0 spiro atoms. The Labute approximate surface area is 125 Å². The van der Waals surface area contributed by atoms with E-state index in [1.165, 1.54) is 25.7 Å². The summed E-state index contributed by atoms with van der Waals surface area (Å²) in [5, 5.41) is 3.12. The third-order valence-electron chi connectivity index (χ3n) is 5.46. The molecule has 3 aliphatic rings. The van der Waals surface area contributed by atoms with Gasteiger partial charge in [0.2, 0.25) is 5.91 Å². The Morgan fingerprint density at radius 3 is 2.76 bits per heavy atom. The van der Waals surface area contributed by atoms with Gasteiger partial charge in [-0.15, -0.1) is 0 Å². The third kappa shape index (κ3) is 3.00. The van der Waals surface area contributed by atoms with Crippen LogP contribution in [0.5, 0.6) is 0 Å². The van der Waals surface area contributed by atoms with Crippen molar-refractivity contribution in [3.8, 4) is 0 Å². The second-order valence-electron chi connectivity index (χ2n) is 6.78. The van der Waals surface area contributed by atoms with E-state index in [-0.39, 0.29) is 18.6 Å². The summed E-state index contributed by atoms with van der Waals surface area (Å²) < 4.78 is 5.27. The fraction of sp³-hybridized carbons (Fsp3) is 0.867. The van der Waals surface area contributed by atoms with Gasteiger partial charge in [-0.1, -0.05) is 6.42 Å². The molecule has 21 heavy (non-hydrogen) atoms. The minimum absolute atomic E-state index is 0.0974. The number of primary amides is 1. The van der Waals surface area contributed by atoms with E-state index in [1.54, 1.807) is 4.90 Å². The highest BCUT2D eigenvalue weighted by atomic mass is 16.5. The van der Waals surface area contributed by atoms with E-state index in [4.69, 9.17) is 10.5 Å². The Morgan fingerprint density at radius 2 is 2.14 bits per heavy atom. The highest BCUT2D eigenvalue weighted by molar-refractivity contribution is 5.81. The molecule has 1 heterocycles. The van der Waals surface area contributed by atoms with Gasteiger partial charge in [-0.25, -0.2) is 4.79 Å². The molecule has 0 aromatic heterocycles. The van der Waals surface area contributed by atoms with E-state index in [0.29, 0.717) is 19.1 Å². The van der Waals surface area contributed by atoms with Crippen LogP contribution in [-0.4, -0.2) is 48.7 Å². The number of amides is 3. The minimum Gasteiger partial charge on any atom is -0.367 e. The lowest BCUT2D eigenvalue weighted by molar-refractivity contribution is -0.133. The summed E-state index contributed by atoms with van der Waals surface area (Å²) in [5.74, 6) is 1.77. The van der Waals surface area contributed by atoms with E-state index in [0.717, 1.165) is 11.8 Å². The van der Waals surface area contributed by atoms with E-state index in [1.807, 2.05) is 0 Å². The van der Waals surface area contributed by atoms with Crippen molar-refractivity contribution in [2.24, 2.45) is 23.5 Å². The monoisotopic (exact) mass is 295 g/mol. The van der Waals surface area contributed by atoms with Crippen molar-refractivity contribution in [3.63, 3.8) is 0 Å². The van der Waals surface area contributed by atoms with Gasteiger partial charge < -0.3 is 20.7 Å². The quantitative estimate of drug-likeness (QED) is 0.804. The Hall–Kier alpha value is -1.30. The lowest BCUT2D eigenvalue weighted by Crippen LogP contribution is -2.55. The van der Waals surface area contributed by atoms with Crippen LogP contribution < -0.4 is 11.1 Å². The predicted molar refractivity (Wildman–Crippen MR) is 77.4 cm³/mol. The zero-order chi connectivity index (χ0) is 15.0. The van der Waals surface area contributed by atoms with E-state index < -0.39 is 12.0 Å². The van der Waals surface area contributed by atoms with Crippen LogP contribution in [-0.2, 0) is 9.53 Å². The Bertz CT molecular complexity index is 428. The van der Waals surface area contributed by atoms with Crippen molar-refractivity contribution in [2.45, 2.75) is 44.8 Å². The number of nitrogens with two attached hydrogens (primary N) is 1. The molecule has 3 fully saturated rings. The van der Waals surface area contributed by atoms with Crippen LogP contribution in [0.2, 0.25) is 0 Å². The van der Waals surface area contributed by atoms with Gasteiger partial charge in [0.25, 0.3) is 0 Å². The highest BCUT2D eigenvalue weighted by Crippen LogP contribution is 2.49. The largest absolute Gasteiger partial charge is 0.367 e. The van der Waals surface area contributed by atoms with Crippen molar-refractivity contribution >= 4 is 11.9 Å². The fourth-order valence-electron chi connectivity index (χ4n) is 4.31. The number of nitrogens with zero attached hydrogens (tertiary/aromatic N) is 1. The maximum absolute atomic E-state index is 12.3. The molecule has 6 nitrogen and oxygen atoms in total. The molecule has 0 radical (unpaired) electrons. The Kier molecular flexibility index (Phi) is 4.06. The lowest BCUT2D eigenvalue weighted by Gasteiger charge is -2.34. The van der Waals surface area contributed by atoms with Crippen molar-refractivity contribution in [2.75, 3.05) is 19.7 Å². The molecular formula is C15H25N3O3. The van der Waals surface area contributed by atoms with Crippen molar-refractivity contribution in [1.29, 1.82) is 0 Å². The first-order chi connectivity index (χ1) is 10.0. The fourth-order valence-corrected chi connectivity index (χ4v) is 4.31. The maximum Gasteiger partial charge on any atom is 0.317 e. The van der Waals surface area contributed by atoms with Gasteiger partial charge in [-0.05, 0) is 43.9 Å². The summed E-state index contributed by atoms with van der Waals surface area (Å²) in [5.41, 5.74) is 5.25. The number of morpholine rings is 1. The topological polar surface area (TPSA) is 84.7 Å². The Balaban J connectivity index is 1.52. The molecule has 2 bridgehead atoms. The Morgan fingerprint density at radius 1 is 1.33 bits per heavy atom. The normalized spacial score (nSPS) is 36.5. The van der Waals surface area contributed by atoms with E-state index in [2.05, 4.69) is 12.2 Å². The lowest BCUT2D eigenvalue weighted by atomic mass is 9.84. The molecular weight excluding hydrogens is 270 g/mol. The third-order valence-corrected chi connectivity index (χ3v) is 5.46. The molecule has 1 saturated heterocycles. The smallest absolute Gasteiger partial charge is 0.317 e.